The van der Waals surface area contributed by atoms with Crippen LogP contribution in [-0.2, 0) is 20.7 Å². The molecule has 1 aromatic carbocycles. The van der Waals surface area contributed by atoms with Gasteiger partial charge in [-0.3, -0.25) is 4.79 Å². The second-order valence-corrected chi connectivity index (χ2v) is 4.67. The van der Waals surface area contributed by atoms with Crippen molar-refractivity contribution >= 4 is 17.7 Å². The third kappa shape index (κ3) is 5.41. The molecule has 0 bridgehead atoms. The zero-order chi connectivity index (χ0) is 15.1. The summed E-state index contributed by atoms with van der Waals surface area (Å²) >= 11 is 0. The summed E-state index contributed by atoms with van der Waals surface area (Å²) in [5.74, 6) is -0.911. The molecule has 3 N–H and O–H groups in total. The molecule has 0 radical (unpaired) electrons. The van der Waals surface area contributed by atoms with E-state index in [0.717, 1.165) is 0 Å². The van der Waals surface area contributed by atoms with Gasteiger partial charge in [0.1, 0.15) is 0 Å². The SMILES string of the molecule is O=C(O)Cc1cccc(NC(=O)NCC2COCCO2)c1. The van der Waals surface area contributed by atoms with Gasteiger partial charge in [-0.25, -0.2) is 4.79 Å². The van der Waals surface area contributed by atoms with Crippen LogP contribution in [0, 0.1) is 0 Å². The Labute approximate surface area is 122 Å². The van der Waals surface area contributed by atoms with E-state index in [0.29, 0.717) is 37.6 Å². The van der Waals surface area contributed by atoms with Crippen LogP contribution in [0.4, 0.5) is 10.5 Å². The van der Waals surface area contributed by atoms with Gasteiger partial charge in [-0.2, -0.15) is 0 Å². The van der Waals surface area contributed by atoms with Crippen molar-refractivity contribution in [3.8, 4) is 0 Å². The lowest BCUT2D eigenvalue weighted by molar-refractivity contribution is -0.136. The van der Waals surface area contributed by atoms with Crippen molar-refractivity contribution in [1.29, 1.82) is 0 Å². The van der Waals surface area contributed by atoms with Crippen molar-refractivity contribution in [3.05, 3.63) is 29.8 Å². The topological polar surface area (TPSA) is 96.9 Å². The van der Waals surface area contributed by atoms with Crippen LogP contribution in [0.2, 0.25) is 0 Å². The van der Waals surface area contributed by atoms with E-state index in [9.17, 15) is 9.59 Å². The van der Waals surface area contributed by atoms with Crippen molar-refractivity contribution in [2.24, 2.45) is 0 Å². The molecule has 1 heterocycles. The van der Waals surface area contributed by atoms with Crippen LogP contribution in [0.15, 0.2) is 24.3 Å². The molecule has 7 nitrogen and oxygen atoms in total. The summed E-state index contributed by atoms with van der Waals surface area (Å²) in [5, 5.41) is 14.1. The molecule has 1 saturated heterocycles. The van der Waals surface area contributed by atoms with Crippen molar-refractivity contribution in [1.82, 2.24) is 5.32 Å². The van der Waals surface area contributed by atoms with Gasteiger partial charge >= 0.3 is 12.0 Å². The smallest absolute Gasteiger partial charge is 0.319 e. The molecule has 114 valence electrons. The van der Waals surface area contributed by atoms with Gasteiger partial charge in [0, 0.05) is 12.2 Å². The average Bonchev–Trinajstić information content (AvgIpc) is 2.46. The zero-order valence-corrected chi connectivity index (χ0v) is 11.5. The first kappa shape index (κ1) is 15.3. The molecule has 1 unspecified atom stereocenters. The maximum Gasteiger partial charge on any atom is 0.319 e. The Morgan fingerprint density at radius 3 is 2.90 bits per heavy atom. The van der Waals surface area contributed by atoms with Gasteiger partial charge < -0.3 is 25.2 Å². The maximum atomic E-state index is 11.8. The molecule has 21 heavy (non-hydrogen) atoms. The molecule has 0 aliphatic carbocycles. The van der Waals surface area contributed by atoms with Crippen LogP contribution in [0.5, 0.6) is 0 Å². The maximum absolute atomic E-state index is 11.8. The van der Waals surface area contributed by atoms with E-state index in [4.69, 9.17) is 14.6 Å². The number of ether oxygens (including phenoxy) is 2. The van der Waals surface area contributed by atoms with E-state index >= 15 is 0 Å². The van der Waals surface area contributed by atoms with E-state index in [2.05, 4.69) is 10.6 Å². The summed E-state index contributed by atoms with van der Waals surface area (Å²) in [6.07, 6.45) is -0.215. The van der Waals surface area contributed by atoms with Crippen LogP contribution in [0.1, 0.15) is 5.56 Å². The standard InChI is InChI=1S/C14H18N2O5/c17-13(18)7-10-2-1-3-11(6-10)16-14(19)15-8-12-9-20-4-5-21-12/h1-3,6,12H,4-5,7-9H2,(H,17,18)(H2,15,16,19). The summed E-state index contributed by atoms with van der Waals surface area (Å²) in [7, 11) is 0. The quantitative estimate of drug-likeness (QED) is 0.748. The second kappa shape index (κ2) is 7.61. The highest BCUT2D eigenvalue weighted by atomic mass is 16.6. The predicted octanol–water partition coefficient (Wildman–Crippen LogP) is 0.851. The summed E-state index contributed by atoms with van der Waals surface area (Å²) in [6.45, 7) is 1.94. The van der Waals surface area contributed by atoms with E-state index in [1.54, 1.807) is 24.3 Å². The molecular formula is C14H18N2O5. The minimum atomic E-state index is -0.911. The fourth-order valence-electron chi connectivity index (χ4n) is 1.97. The lowest BCUT2D eigenvalue weighted by atomic mass is 10.1. The van der Waals surface area contributed by atoms with Crippen molar-refractivity contribution in [2.45, 2.75) is 12.5 Å². The van der Waals surface area contributed by atoms with Gasteiger partial charge in [0.05, 0.1) is 32.3 Å². The number of benzene rings is 1. The number of carbonyl (C=O) groups excluding carboxylic acids is 1. The van der Waals surface area contributed by atoms with Gasteiger partial charge in [0.15, 0.2) is 0 Å². The first-order valence-corrected chi connectivity index (χ1v) is 6.68. The summed E-state index contributed by atoms with van der Waals surface area (Å²) < 4.78 is 10.6. The Hall–Kier alpha value is -2.12. The Balaban J connectivity index is 1.80. The Morgan fingerprint density at radius 2 is 2.19 bits per heavy atom. The average molecular weight is 294 g/mol. The molecule has 1 fully saturated rings. The lowest BCUT2D eigenvalue weighted by Crippen LogP contribution is -2.41. The minimum Gasteiger partial charge on any atom is -0.481 e. The number of nitrogens with one attached hydrogen (secondary N) is 2. The first-order valence-electron chi connectivity index (χ1n) is 6.68. The molecule has 1 atom stereocenters. The number of amides is 2. The van der Waals surface area contributed by atoms with Gasteiger partial charge in [-0.1, -0.05) is 12.1 Å². The number of anilines is 1. The molecule has 2 rings (SSSR count). The number of carbonyl (C=O) groups is 2. The van der Waals surface area contributed by atoms with E-state index in [-0.39, 0.29) is 18.6 Å². The van der Waals surface area contributed by atoms with E-state index < -0.39 is 5.97 Å². The molecule has 1 aliphatic heterocycles. The second-order valence-electron chi connectivity index (χ2n) is 4.67. The van der Waals surface area contributed by atoms with Gasteiger partial charge in [0.2, 0.25) is 0 Å². The number of rotatable bonds is 5. The van der Waals surface area contributed by atoms with Gasteiger partial charge in [0.25, 0.3) is 0 Å². The third-order valence-corrected chi connectivity index (χ3v) is 2.92. The summed E-state index contributed by atoms with van der Waals surface area (Å²) in [6, 6.07) is 6.37. The fourth-order valence-corrected chi connectivity index (χ4v) is 1.97. The molecule has 7 heteroatoms. The van der Waals surface area contributed by atoms with Crippen LogP contribution in [0.25, 0.3) is 0 Å². The third-order valence-electron chi connectivity index (χ3n) is 2.92. The lowest BCUT2D eigenvalue weighted by Gasteiger charge is -2.23. The van der Waals surface area contributed by atoms with Gasteiger partial charge in [-0.05, 0) is 17.7 Å². The minimum absolute atomic E-state index is 0.0790. The molecule has 0 aromatic heterocycles. The number of carboxylic acid groups (broad SMARTS) is 1. The van der Waals surface area contributed by atoms with Crippen molar-refractivity contribution in [2.75, 3.05) is 31.7 Å². The van der Waals surface area contributed by atoms with Crippen LogP contribution in [-0.4, -0.2) is 49.6 Å². The zero-order valence-electron chi connectivity index (χ0n) is 11.5. The number of carboxylic acids is 1. The van der Waals surface area contributed by atoms with Crippen LogP contribution >= 0.6 is 0 Å². The number of hydrogen-bond donors (Lipinski definition) is 3. The molecular weight excluding hydrogens is 276 g/mol. The summed E-state index contributed by atoms with van der Waals surface area (Å²) in [5.41, 5.74) is 1.18. The van der Waals surface area contributed by atoms with Crippen molar-refractivity contribution < 1.29 is 24.2 Å². The fraction of sp³-hybridized carbons (Fsp3) is 0.429. The monoisotopic (exact) mass is 294 g/mol. The largest absolute Gasteiger partial charge is 0.481 e. The Kier molecular flexibility index (Phi) is 5.53. The molecule has 1 aromatic rings. The molecule has 0 saturated carbocycles. The predicted molar refractivity (Wildman–Crippen MR) is 75.4 cm³/mol. The number of aliphatic carboxylic acids is 1. The van der Waals surface area contributed by atoms with E-state index in [1.165, 1.54) is 0 Å². The normalized spacial score (nSPS) is 18.0. The highest BCUT2D eigenvalue weighted by Crippen LogP contribution is 2.11. The van der Waals surface area contributed by atoms with Crippen LogP contribution in [0.3, 0.4) is 0 Å². The number of hydrogen-bond acceptors (Lipinski definition) is 4. The van der Waals surface area contributed by atoms with Crippen LogP contribution < -0.4 is 10.6 Å². The Morgan fingerprint density at radius 1 is 1.33 bits per heavy atom. The molecule has 1 aliphatic rings. The number of urea groups is 1. The van der Waals surface area contributed by atoms with Crippen molar-refractivity contribution in [3.63, 3.8) is 0 Å². The highest BCUT2D eigenvalue weighted by Gasteiger charge is 2.15. The Bertz CT molecular complexity index is 500. The first-order chi connectivity index (χ1) is 10.1. The molecule has 0 spiro atoms. The van der Waals surface area contributed by atoms with Gasteiger partial charge in [-0.15, -0.1) is 0 Å². The summed E-state index contributed by atoms with van der Waals surface area (Å²) in [4.78, 5) is 22.4. The van der Waals surface area contributed by atoms with E-state index in [1.807, 2.05) is 0 Å². The molecule has 2 amide bonds. The highest BCUT2D eigenvalue weighted by molar-refractivity contribution is 5.89.